The number of anilines is 1. The van der Waals surface area contributed by atoms with Gasteiger partial charge in [-0.2, -0.15) is 0 Å². The van der Waals surface area contributed by atoms with Gasteiger partial charge in [0.2, 0.25) is 0 Å². The van der Waals surface area contributed by atoms with E-state index in [4.69, 9.17) is 13.8 Å². The van der Waals surface area contributed by atoms with Crippen LogP contribution in [0.3, 0.4) is 0 Å². The molecule has 1 aliphatic carbocycles. The Balaban J connectivity index is 1.36. The van der Waals surface area contributed by atoms with Gasteiger partial charge in [0.05, 0.1) is 0 Å². The van der Waals surface area contributed by atoms with E-state index in [0.717, 1.165) is 33.6 Å². The van der Waals surface area contributed by atoms with Crippen LogP contribution in [0, 0.1) is 6.92 Å². The quantitative estimate of drug-likeness (QED) is 0.313. The van der Waals surface area contributed by atoms with Crippen molar-refractivity contribution in [3.8, 4) is 11.1 Å². The van der Waals surface area contributed by atoms with E-state index in [-0.39, 0.29) is 37.2 Å². The molecule has 4 rings (SSSR count). The third-order valence-corrected chi connectivity index (χ3v) is 8.94. The SMILES string of the molecule is CCO[PH](O)(CNC(=O)c1sc(NC(=O)OCC2c3ccccc3-c3ccccc32)nc1C)OCC. The van der Waals surface area contributed by atoms with Crippen molar-refractivity contribution >= 4 is 36.4 Å². The maximum atomic E-state index is 12.7. The van der Waals surface area contributed by atoms with Crippen LogP contribution in [-0.2, 0) is 13.8 Å². The van der Waals surface area contributed by atoms with Gasteiger partial charge in [-0.3, -0.25) is 0 Å². The number of fused-ring (bicyclic) bond motifs is 3. The summed E-state index contributed by atoms with van der Waals surface area (Å²) in [6, 6.07) is 16.2. The number of rotatable bonds is 10. The van der Waals surface area contributed by atoms with Gasteiger partial charge in [-0.05, 0) is 11.1 Å². The van der Waals surface area contributed by atoms with Crippen LogP contribution in [-0.4, -0.2) is 48.0 Å². The van der Waals surface area contributed by atoms with Crippen LogP contribution in [0.1, 0.15) is 46.3 Å². The number of hydrogen-bond donors (Lipinski definition) is 3. The van der Waals surface area contributed by atoms with Gasteiger partial charge in [0, 0.05) is 0 Å². The average molecular weight is 532 g/mol. The van der Waals surface area contributed by atoms with Gasteiger partial charge >= 0.3 is 155 Å². The molecule has 1 aromatic heterocycles. The number of ether oxygens (including phenoxy) is 1. The number of nitrogens with zero attached hydrogens (tertiary/aromatic N) is 1. The fourth-order valence-corrected chi connectivity index (χ4v) is 6.69. The fraction of sp³-hybridized carbons (Fsp3) is 0.320. The third kappa shape index (κ3) is 5.74. The average Bonchev–Trinajstić information content (AvgIpc) is 3.39. The van der Waals surface area contributed by atoms with Crippen LogP contribution in [0.15, 0.2) is 48.5 Å². The first kappa shape index (κ1) is 26.2. The zero-order valence-electron chi connectivity index (χ0n) is 20.4. The number of benzene rings is 2. The molecule has 2 aromatic carbocycles. The Labute approximate surface area is 214 Å². The molecule has 1 aliphatic rings. The first-order valence-electron chi connectivity index (χ1n) is 11.7. The van der Waals surface area contributed by atoms with Crippen molar-refractivity contribution in [3.63, 3.8) is 0 Å². The van der Waals surface area contributed by atoms with Crippen molar-refractivity contribution in [2.24, 2.45) is 0 Å². The van der Waals surface area contributed by atoms with E-state index >= 15 is 0 Å². The van der Waals surface area contributed by atoms with Crippen molar-refractivity contribution in [2.75, 3.05) is 31.4 Å². The van der Waals surface area contributed by atoms with Crippen molar-refractivity contribution < 1.29 is 28.3 Å². The molecule has 192 valence electrons. The molecule has 3 aromatic rings. The first-order valence-corrected chi connectivity index (χ1v) is 14.5. The molecule has 1 heterocycles. The standard InChI is InChI=1S/C25H30N3O6PS/c1-4-33-35(31,34-5-2)15-26-23(29)22-16(3)27-24(36-22)28-25(30)32-14-21-19-12-8-6-10-17(19)18-11-7-9-13-20(18)21/h6-13,21,31,35H,4-5,14-15H2,1-3H3,(H,26,29)(H,27,28,30). The van der Waals surface area contributed by atoms with E-state index < -0.39 is 19.9 Å². The Morgan fingerprint density at radius 2 is 1.61 bits per heavy atom. The fourth-order valence-electron chi connectivity index (χ4n) is 4.25. The number of thiazole rings is 1. The molecule has 0 radical (unpaired) electrons. The molecular formula is C25H30N3O6PS. The Bertz CT molecular complexity index is 1200. The molecule has 11 heteroatoms. The predicted molar refractivity (Wildman–Crippen MR) is 142 cm³/mol. The van der Waals surface area contributed by atoms with E-state index in [1.54, 1.807) is 20.8 Å². The van der Waals surface area contributed by atoms with Crippen molar-refractivity contribution in [1.29, 1.82) is 0 Å². The number of amides is 2. The van der Waals surface area contributed by atoms with Gasteiger partial charge in [-0.25, -0.2) is 0 Å². The van der Waals surface area contributed by atoms with Crippen LogP contribution in [0.5, 0.6) is 0 Å². The van der Waals surface area contributed by atoms with Crippen LogP contribution in [0.25, 0.3) is 11.1 Å². The minimum absolute atomic E-state index is 0.0545. The molecule has 0 saturated heterocycles. The van der Waals surface area contributed by atoms with E-state index in [2.05, 4.69) is 39.9 Å². The minimum atomic E-state index is -3.49. The molecule has 0 fully saturated rings. The van der Waals surface area contributed by atoms with E-state index in [1.165, 1.54) is 0 Å². The van der Waals surface area contributed by atoms with Crippen molar-refractivity contribution in [1.82, 2.24) is 10.3 Å². The molecule has 3 N–H and O–H groups in total. The molecular weight excluding hydrogens is 501 g/mol. The maximum absolute atomic E-state index is 12.7. The second-order valence-corrected chi connectivity index (χ2v) is 11.5. The van der Waals surface area contributed by atoms with Crippen LogP contribution in [0.4, 0.5) is 9.93 Å². The van der Waals surface area contributed by atoms with Crippen LogP contribution >= 0.6 is 19.3 Å². The Kier molecular flexibility index (Phi) is 8.33. The Morgan fingerprint density at radius 1 is 1.03 bits per heavy atom. The van der Waals surface area contributed by atoms with Gasteiger partial charge in [-0.15, -0.1) is 0 Å². The van der Waals surface area contributed by atoms with Crippen molar-refractivity contribution in [2.45, 2.75) is 26.7 Å². The van der Waals surface area contributed by atoms with Crippen LogP contribution in [0.2, 0.25) is 0 Å². The summed E-state index contributed by atoms with van der Waals surface area (Å²) >= 11 is 1.03. The molecule has 9 nitrogen and oxygen atoms in total. The number of aromatic nitrogens is 1. The zero-order chi connectivity index (χ0) is 25.7. The second-order valence-electron chi connectivity index (χ2n) is 8.15. The summed E-state index contributed by atoms with van der Waals surface area (Å²) < 4.78 is 16.2. The summed E-state index contributed by atoms with van der Waals surface area (Å²) in [6.07, 6.45) is -0.771. The summed E-state index contributed by atoms with van der Waals surface area (Å²) in [6.45, 7) is 5.87. The van der Waals surface area contributed by atoms with E-state index in [9.17, 15) is 14.5 Å². The number of carbonyl (C=O) groups is 2. The van der Waals surface area contributed by atoms with Crippen LogP contribution < -0.4 is 10.6 Å². The third-order valence-electron chi connectivity index (χ3n) is 5.77. The zero-order valence-corrected chi connectivity index (χ0v) is 22.2. The summed E-state index contributed by atoms with van der Waals surface area (Å²) in [5.74, 6) is -0.489. The number of hydrogen-bond acceptors (Lipinski definition) is 8. The van der Waals surface area contributed by atoms with Gasteiger partial charge in [0.1, 0.15) is 0 Å². The second kappa shape index (κ2) is 11.5. The predicted octanol–water partition coefficient (Wildman–Crippen LogP) is 5.06. The number of carbonyl (C=O) groups excluding carboxylic acids is 2. The van der Waals surface area contributed by atoms with Gasteiger partial charge in [0.25, 0.3) is 0 Å². The van der Waals surface area contributed by atoms with E-state index in [0.29, 0.717) is 10.6 Å². The topological polar surface area (TPSA) is 119 Å². The molecule has 0 spiro atoms. The normalized spacial score (nSPS) is 13.1. The Hall–Kier alpha value is -2.88. The molecule has 0 bridgehead atoms. The molecule has 0 unspecified atom stereocenters. The van der Waals surface area contributed by atoms with Gasteiger partial charge in [0.15, 0.2) is 0 Å². The number of nitrogens with one attached hydrogen (secondary N) is 2. The summed E-state index contributed by atoms with van der Waals surface area (Å²) in [7, 11) is -3.49. The molecule has 36 heavy (non-hydrogen) atoms. The summed E-state index contributed by atoms with van der Waals surface area (Å²) in [5, 5.41) is 5.51. The summed E-state index contributed by atoms with van der Waals surface area (Å²) in [5.41, 5.74) is 5.00. The van der Waals surface area contributed by atoms with Gasteiger partial charge < -0.3 is 0 Å². The van der Waals surface area contributed by atoms with Gasteiger partial charge in [-0.1, -0.05) is 48.5 Å². The molecule has 2 amide bonds. The number of aryl methyl sites for hydroxylation is 1. The summed E-state index contributed by atoms with van der Waals surface area (Å²) in [4.78, 5) is 40.3. The Morgan fingerprint density at radius 3 is 2.19 bits per heavy atom. The van der Waals surface area contributed by atoms with Crippen molar-refractivity contribution in [3.05, 3.63) is 70.2 Å². The molecule has 0 atom stereocenters. The first-order chi connectivity index (χ1) is 17.3. The van der Waals surface area contributed by atoms with E-state index in [1.807, 2.05) is 24.3 Å². The monoisotopic (exact) mass is 531 g/mol. The molecule has 0 aliphatic heterocycles. The molecule has 0 saturated carbocycles.